The molecule has 0 spiro atoms. The lowest BCUT2D eigenvalue weighted by Gasteiger charge is -2.14. The average Bonchev–Trinajstić information content (AvgIpc) is 2.82. The Labute approximate surface area is 117 Å². The van der Waals surface area contributed by atoms with E-state index in [0.29, 0.717) is 21.6 Å². The second-order valence-electron chi connectivity index (χ2n) is 5.24. The third-order valence-corrected chi connectivity index (χ3v) is 5.87. The van der Waals surface area contributed by atoms with Gasteiger partial charge < -0.3 is 4.90 Å². The fourth-order valence-electron chi connectivity index (χ4n) is 2.30. The van der Waals surface area contributed by atoms with Crippen LogP contribution in [0, 0.1) is 18.8 Å². The summed E-state index contributed by atoms with van der Waals surface area (Å²) in [5.74, 6) is 0.852. The lowest BCUT2D eigenvalue weighted by atomic mass is 10.0. The first-order valence-corrected chi connectivity index (χ1v) is 8.49. The van der Waals surface area contributed by atoms with Crippen molar-refractivity contribution in [3.63, 3.8) is 0 Å². The summed E-state index contributed by atoms with van der Waals surface area (Å²) in [6, 6.07) is 1.39. The summed E-state index contributed by atoms with van der Waals surface area (Å²) >= 11 is 1.19. The van der Waals surface area contributed by atoms with Crippen molar-refractivity contribution in [2.75, 3.05) is 13.1 Å². The summed E-state index contributed by atoms with van der Waals surface area (Å²) in [6.45, 7) is 7.35. The Morgan fingerprint density at radius 2 is 1.89 bits per heavy atom. The molecule has 0 bridgehead atoms. The van der Waals surface area contributed by atoms with E-state index in [1.807, 2.05) is 0 Å². The summed E-state index contributed by atoms with van der Waals surface area (Å²) < 4.78 is 22.7. The Kier molecular flexibility index (Phi) is 3.72. The maximum atomic E-state index is 12.3. The van der Waals surface area contributed by atoms with E-state index in [1.165, 1.54) is 17.4 Å². The van der Waals surface area contributed by atoms with E-state index in [1.54, 1.807) is 11.8 Å². The number of rotatable bonds is 2. The smallest absolute Gasteiger partial charge is 0.263 e. The number of nitrogens with two attached hydrogens (primary N) is 1. The second-order valence-corrected chi connectivity index (χ2v) is 8.03. The van der Waals surface area contributed by atoms with Gasteiger partial charge in [-0.15, -0.1) is 11.3 Å². The molecular formula is C12H18N2O3S2. The van der Waals surface area contributed by atoms with Crippen LogP contribution in [0.5, 0.6) is 0 Å². The molecule has 1 aliphatic rings. The molecule has 1 aromatic heterocycles. The number of hydrogen-bond donors (Lipinski definition) is 1. The molecule has 1 amide bonds. The van der Waals surface area contributed by atoms with Gasteiger partial charge in [0.2, 0.25) is 10.0 Å². The van der Waals surface area contributed by atoms with Gasteiger partial charge in [0, 0.05) is 18.0 Å². The van der Waals surface area contributed by atoms with E-state index in [-0.39, 0.29) is 10.8 Å². The standard InChI is InChI=1S/C12H18N2O3S2/c1-7-5-14(6-8(7)2)12(15)10-4-11(9(3)18-10)19(13,16)17/h4,7-8H,5-6H2,1-3H3,(H2,13,16,17). The number of amides is 1. The highest BCUT2D eigenvalue weighted by atomic mass is 32.2. The van der Waals surface area contributed by atoms with Gasteiger partial charge in [-0.05, 0) is 24.8 Å². The maximum Gasteiger partial charge on any atom is 0.263 e. The number of aryl methyl sites for hydroxylation is 1. The van der Waals surface area contributed by atoms with E-state index in [9.17, 15) is 13.2 Å². The zero-order chi connectivity index (χ0) is 14.4. The average molecular weight is 302 g/mol. The van der Waals surface area contributed by atoms with Crippen LogP contribution in [0.4, 0.5) is 0 Å². The number of nitrogens with zero attached hydrogens (tertiary/aromatic N) is 1. The summed E-state index contributed by atoms with van der Waals surface area (Å²) in [4.78, 5) is 15.2. The lowest BCUT2D eigenvalue weighted by Crippen LogP contribution is -2.28. The van der Waals surface area contributed by atoms with Crippen molar-refractivity contribution in [2.45, 2.75) is 25.7 Å². The first-order chi connectivity index (χ1) is 8.70. The molecule has 7 heteroatoms. The third-order valence-electron chi connectivity index (χ3n) is 3.66. The molecule has 0 saturated carbocycles. The molecule has 2 atom stereocenters. The van der Waals surface area contributed by atoms with Gasteiger partial charge in [0.25, 0.3) is 5.91 Å². The highest BCUT2D eigenvalue weighted by molar-refractivity contribution is 7.89. The van der Waals surface area contributed by atoms with E-state index >= 15 is 0 Å². The van der Waals surface area contributed by atoms with E-state index < -0.39 is 10.0 Å². The molecular weight excluding hydrogens is 284 g/mol. The minimum absolute atomic E-state index is 0.0566. The Bertz CT molecular complexity index is 596. The van der Waals surface area contributed by atoms with Crippen LogP contribution in [0.3, 0.4) is 0 Å². The minimum atomic E-state index is -3.75. The number of carbonyl (C=O) groups is 1. The monoisotopic (exact) mass is 302 g/mol. The fourth-order valence-corrected chi connectivity index (χ4v) is 4.42. The van der Waals surface area contributed by atoms with Gasteiger partial charge in [-0.25, -0.2) is 13.6 Å². The summed E-state index contributed by atoms with van der Waals surface area (Å²) in [5.41, 5.74) is 0. The van der Waals surface area contributed by atoms with Gasteiger partial charge in [-0.1, -0.05) is 13.8 Å². The molecule has 1 fully saturated rings. The summed E-state index contributed by atoms with van der Waals surface area (Å²) in [5, 5.41) is 5.12. The Hall–Kier alpha value is -0.920. The molecule has 0 aromatic carbocycles. The SMILES string of the molecule is Cc1sc(C(=O)N2CC(C)C(C)C2)cc1S(N)(=O)=O. The van der Waals surface area contributed by atoms with Gasteiger partial charge >= 0.3 is 0 Å². The third kappa shape index (κ3) is 2.82. The lowest BCUT2D eigenvalue weighted by molar-refractivity contribution is 0.0789. The molecule has 2 heterocycles. The van der Waals surface area contributed by atoms with Crippen LogP contribution < -0.4 is 5.14 Å². The van der Waals surface area contributed by atoms with Crippen molar-refractivity contribution in [3.05, 3.63) is 15.8 Å². The van der Waals surface area contributed by atoms with Crippen LogP contribution in [0.2, 0.25) is 0 Å². The van der Waals surface area contributed by atoms with Crippen LogP contribution in [0.1, 0.15) is 28.4 Å². The largest absolute Gasteiger partial charge is 0.337 e. The van der Waals surface area contributed by atoms with E-state index in [4.69, 9.17) is 5.14 Å². The van der Waals surface area contributed by atoms with Gasteiger partial charge in [0.15, 0.2) is 0 Å². The zero-order valence-corrected chi connectivity index (χ0v) is 12.8. The molecule has 1 aliphatic heterocycles. The Morgan fingerprint density at radius 3 is 2.32 bits per heavy atom. The Morgan fingerprint density at radius 1 is 1.37 bits per heavy atom. The number of hydrogen-bond acceptors (Lipinski definition) is 4. The molecule has 1 aromatic rings. The second kappa shape index (κ2) is 4.88. The predicted octanol–water partition coefficient (Wildman–Crippen LogP) is 1.43. The van der Waals surface area contributed by atoms with Crippen molar-refractivity contribution in [1.29, 1.82) is 0 Å². The topological polar surface area (TPSA) is 80.5 Å². The fraction of sp³-hybridized carbons (Fsp3) is 0.583. The van der Waals surface area contributed by atoms with Crippen LogP contribution in [0.15, 0.2) is 11.0 Å². The van der Waals surface area contributed by atoms with Gasteiger partial charge in [-0.3, -0.25) is 4.79 Å². The van der Waals surface area contributed by atoms with Gasteiger partial charge in [0.05, 0.1) is 9.77 Å². The quantitative estimate of drug-likeness (QED) is 0.897. The van der Waals surface area contributed by atoms with Crippen molar-refractivity contribution in [2.24, 2.45) is 17.0 Å². The summed E-state index contributed by atoms with van der Waals surface area (Å²) in [7, 11) is -3.75. The van der Waals surface area contributed by atoms with Crippen molar-refractivity contribution in [3.8, 4) is 0 Å². The normalized spacial score (nSPS) is 23.9. The number of sulfonamides is 1. The molecule has 2 unspecified atom stereocenters. The predicted molar refractivity (Wildman–Crippen MR) is 74.7 cm³/mol. The zero-order valence-electron chi connectivity index (χ0n) is 11.2. The van der Waals surface area contributed by atoms with E-state index in [2.05, 4.69) is 13.8 Å². The highest BCUT2D eigenvalue weighted by Crippen LogP contribution is 2.29. The van der Waals surface area contributed by atoms with Crippen molar-refractivity contribution in [1.82, 2.24) is 4.90 Å². The summed E-state index contributed by atoms with van der Waals surface area (Å²) in [6.07, 6.45) is 0. The molecule has 5 nitrogen and oxygen atoms in total. The number of likely N-dealkylation sites (tertiary alicyclic amines) is 1. The molecule has 0 radical (unpaired) electrons. The van der Waals surface area contributed by atoms with Crippen LogP contribution in [-0.2, 0) is 10.0 Å². The molecule has 0 aliphatic carbocycles. The first-order valence-electron chi connectivity index (χ1n) is 6.12. The van der Waals surface area contributed by atoms with E-state index in [0.717, 1.165) is 13.1 Å². The maximum absolute atomic E-state index is 12.3. The number of carbonyl (C=O) groups excluding carboxylic acids is 1. The molecule has 2 N–H and O–H groups in total. The van der Waals surface area contributed by atoms with Crippen LogP contribution >= 0.6 is 11.3 Å². The van der Waals surface area contributed by atoms with Gasteiger partial charge in [0.1, 0.15) is 0 Å². The number of thiophene rings is 1. The van der Waals surface area contributed by atoms with Crippen LogP contribution in [-0.4, -0.2) is 32.3 Å². The van der Waals surface area contributed by atoms with Gasteiger partial charge in [-0.2, -0.15) is 0 Å². The Balaban J connectivity index is 2.27. The number of primary sulfonamides is 1. The van der Waals surface area contributed by atoms with Crippen LogP contribution in [0.25, 0.3) is 0 Å². The molecule has 19 heavy (non-hydrogen) atoms. The molecule has 2 rings (SSSR count). The molecule has 1 saturated heterocycles. The first kappa shape index (κ1) is 14.5. The van der Waals surface area contributed by atoms with Crippen molar-refractivity contribution >= 4 is 27.3 Å². The minimum Gasteiger partial charge on any atom is -0.337 e. The van der Waals surface area contributed by atoms with Crippen molar-refractivity contribution < 1.29 is 13.2 Å². The molecule has 106 valence electrons. The highest BCUT2D eigenvalue weighted by Gasteiger charge is 2.31.